The quantitative estimate of drug-likeness (QED) is 0.467. The van der Waals surface area contributed by atoms with Crippen molar-refractivity contribution in [3.05, 3.63) is 0 Å². The van der Waals surface area contributed by atoms with Crippen molar-refractivity contribution < 1.29 is 14.3 Å². The average Bonchev–Trinajstić information content (AvgIpc) is 1.85. The van der Waals surface area contributed by atoms with Crippen molar-refractivity contribution in [2.75, 3.05) is 7.11 Å². The van der Waals surface area contributed by atoms with Crippen molar-refractivity contribution in [1.29, 1.82) is 0 Å². The van der Waals surface area contributed by atoms with Crippen LogP contribution >= 0.6 is 0 Å². The molecule has 0 bridgehead atoms. The molecule has 0 radical (unpaired) electrons. The molecule has 0 aliphatic carbocycles. The van der Waals surface area contributed by atoms with E-state index in [4.69, 9.17) is 11.5 Å². The first kappa shape index (κ1) is 8.90. The van der Waals surface area contributed by atoms with Gasteiger partial charge in [-0.3, -0.25) is 9.59 Å². The van der Waals surface area contributed by atoms with E-state index < -0.39 is 17.9 Å². The molecule has 58 valence electrons. The molecule has 1 amide bonds. The number of carbonyl (C=O) groups excluding carboxylic acids is 2. The molecule has 5 heteroatoms. The summed E-state index contributed by atoms with van der Waals surface area (Å²) in [6.45, 7) is 0. The first-order chi connectivity index (χ1) is 4.57. The van der Waals surface area contributed by atoms with E-state index >= 15 is 0 Å². The molecule has 0 aromatic heterocycles. The van der Waals surface area contributed by atoms with Crippen LogP contribution in [0.3, 0.4) is 0 Å². The zero-order chi connectivity index (χ0) is 8.15. The van der Waals surface area contributed by atoms with Gasteiger partial charge in [0.15, 0.2) is 0 Å². The van der Waals surface area contributed by atoms with Gasteiger partial charge in [-0.05, 0) is 0 Å². The molecule has 0 heterocycles. The normalized spacial score (nSPS) is 12.2. The van der Waals surface area contributed by atoms with E-state index in [2.05, 4.69) is 4.74 Å². The zero-order valence-electron chi connectivity index (χ0n) is 5.66. The molecule has 1 atom stereocenters. The van der Waals surface area contributed by atoms with Crippen LogP contribution in [0, 0.1) is 0 Å². The van der Waals surface area contributed by atoms with Gasteiger partial charge < -0.3 is 16.2 Å². The van der Waals surface area contributed by atoms with Gasteiger partial charge in [-0.15, -0.1) is 0 Å². The molecule has 0 rings (SSSR count). The molecular formula is C5H10N2O3. The second-order valence-electron chi connectivity index (χ2n) is 1.80. The van der Waals surface area contributed by atoms with Crippen LogP contribution in [0.25, 0.3) is 0 Å². The summed E-state index contributed by atoms with van der Waals surface area (Å²) in [5, 5.41) is 0. The second-order valence-corrected chi connectivity index (χ2v) is 1.80. The van der Waals surface area contributed by atoms with Gasteiger partial charge in [0.25, 0.3) is 0 Å². The molecule has 10 heavy (non-hydrogen) atoms. The summed E-state index contributed by atoms with van der Waals surface area (Å²) in [6.07, 6.45) is -0.174. The van der Waals surface area contributed by atoms with Crippen molar-refractivity contribution in [2.24, 2.45) is 11.5 Å². The smallest absolute Gasteiger partial charge is 0.323 e. The highest BCUT2D eigenvalue weighted by molar-refractivity contribution is 5.83. The Labute approximate surface area is 58.3 Å². The number of hydrogen-bond acceptors (Lipinski definition) is 4. The number of rotatable bonds is 3. The van der Waals surface area contributed by atoms with E-state index in [-0.39, 0.29) is 6.42 Å². The van der Waals surface area contributed by atoms with E-state index in [0.29, 0.717) is 0 Å². The van der Waals surface area contributed by atoms with Crippen molar-refractivity contribution in [3.63, 3.8) is 0 Å². The predicted molar refractivity (Wildman–Crippen MR) is 33.8 cm³/mol. The lowest BCUT2D eigenvalue weighted by atomic mass is 10.2. The van der Waals surface area contributed by atoms with Gasteiger partial charge in [0.05, 0.1) is 13.5 Å². The monoisotopic (exact) mass is 146 g/mol. The lowest BCUT2D eigenvalue weighted by Crippen LogP contribution is -2.35. The van der Waals surface area contributed by atoms with Crippen molar-refractivity contribution in [3.8, 4) is 0 Å². The molecule has 4 N–H and O–H groups in total. The summed E-state index contributed by atoms with van der Waals surface area (Å²) in [6, 6.07) is -0.928. The Morgan fingerprint density at radius 2 is 2.10 bits per heavy atom. The number of primary amides is 1. The van der Waals surface area contributed by atoms with E-state index in [9.17, 15) is 9.59 Å². The van der Waals surface area contributed by atoms with Crippen molar-refractivity contribution in [2.45, 2.75) is 12.5 Å². The third kappa shape index (κ3) is 3.03. The van der Waals surface area contributed by atoms with Crippen LogP contribution in [0.5, 0.6) is 0 Å². The van der Waals surface area contributed by atoms with E-state index in [0.717, 1.165) is 0 Å². The van der Waals surface area contributed by atoms with Gasteiger partial charge >= 0.3 is 5.97 Å². The topological polar surface area (TPSA) is 95.4 Å². The summed E-state index contributed by atoms with van der Waals surface area (Å²) in [7, 11) is 1.20. The first-order valence-corrected chi connectivity index (χ1v) is 2.69. The number of hydrogen-bond donors (Lipinski definition) is 2. The molecule has 0 aliphatic heterocycles. The summed E-state index contributed by atoms with van der Waals surface area (Å²) in [5.41, 5.74) is 9.91. The third-order valence-electron chi connectivity index (χ3n) is 0.925. The molecule has 0 saturated heterocycles. The van der Waals surface area contributed by atoms with Gasteiger partial charge in [0.1, 0.15) is 6.04 Å². The Morgan fingerprint density at radius 3 is 2.40 bits per heavy atom. The van der Waals surface area contributed by atoms with Crippen LogP contribution in [0.15, 0.2) is 0 Å². The number of esters is 1. The van der Waals surface area contributed by atoms with Crippen LogP contribution in [0.2, 0.25) is 0 Å². The van der Waals surface area contributed by atoms with Gasteiger partial charge in [-0.2, -0.15) is 0 Å². The molecule has 0 aromatic carbocycles. The van der Waals surface area contributed by atoms with E-state index in [1.165, 1.54) is 7.11 Å². The maximum Gasteiger partial charge on any atom is 0.323 e. The van der Waals surface area contributed by atoms with Crippen LogP contribution in [-0.2, 0) is 14.3 Å². The minimum Gasteiger partial charge on any atom is -0.468 e. The summed E-state index contributed by atoms with van der Waals surface area (Å²) >= 11 is 0. The fourth-order valence-corrected chi connectivity index (χ4v) is 0.451. The Kier molecular flexibility index (Phi) is 3.42. The number of ether oxygens (including phenoxy) is 1. The summed E-state index contributed by atoms with van der Waals surface area (Å²) in [4.78, 5) is 20.7. The Bertz CT molecular complexity index is 146. The fraction of sp³-hybridized carbons (Fsp3) is 0.600. The van der Waals surface area contributed by atoms with Gasteiger partial charge in [0.2, 0.25) is 5.91 Å². The molecule has 0 fully saturated rings. The highest BCUT2D eigenvalue weighted by atomic mass is 16.5. The summed E-state index contributed by atoms with van der Waals surface area (Å²) < 4.78 is 4.24. The van der Waals surface area contributed by atoms with Crippen LogP contribution < -0.4 is 11.5 Å². The molecule has 0 spiro atoms. The predicted octanol–water partition coefficient (Wildman–Crippen LogP) is -1.64. The van der Waals surface area contributed by atoms with Crippen LogP contribution in [0.1, 0.15) is 6.42 Å². The second kappa shape index (κ2) is 3.84. The number of carbonyl (C=O) groups is 2. The number of methoxy groups -OCH3 is 1. The minimum atomic E-state index is -0.928. The first-order valence-electron chi connectivity index (χ1n) is 2.69. The molecule has 0 aliphatic rings. The van der Waals surface area contributed by atoms with Crippen LogP contribution in [-0.4, -0.2) is 25.0 Å². The Morgan fingerprint density at radius 1 is 1.60 bits per heavy atom. The summed E-state index contributed by atoms with van der Waals surface area (Å²) in [5.74, 6) is -1.24. The highest BCUT2D eigenvalue weighted by Crippen LogP contribution is 1.88. The SMILES string of the molecule is COC(=O)C(N)CC(N)=O. The molecule has 1 unspecified atom stereocenters. The standard InChI is InChI=1S/C5H10N2O3/c1-10-5(9)3(6)2-4(7)8/h3H,2,6H2,1H3,(H2,7,8). The average molecular weight is 146 g/mol. The molecule has 0 aromatic rings. The van der Waals surface area contributed by atoms with Gasteiger partial charge in [-0.25, -0.2) is 0 Å². The highest BCUT2D eigenvalue weighted by Gasteiger charge is 2.15. The zero-order valence-corrected chi connectivity index (χ0v) is 5.66. The lowest BCUT2D eigenvalue weighted by Gasteiger charge is -2.04. The Balaban J connectivity index is 3.72. The largest absolute Gasteiger partial charge is 0.468 e. The molecular weight excluding hydrogens is 136 g/mol. The molecule has 5 nitrogen and oxygen atoms in total. The number of nitrogens with two attached hydrogens (primary N) is 2. The van der Waals surface area contributed by atoms with E-state index in [1.54, 1.807) is 0 Å². The minimum absolute atomic E-state index is 0.174. The third-order valence-corrected chi connectivity index (χ3v) is 0.925. The molecule has 0 saturated carbocycles. The van der Waals surface area contributed by atoms with E-state index in [1.807, 2.05) is 0 Å². The fourth-order valence-electron chi connectivity index (χ4n) is 0.451. The maximum atomic E-state index is 10.5. The van der Waals surface area contributed by atoms with Gasteiger partial charge in [0, 0.05) is 0 Å². The lowest BCUT2D eigenvalue weighted by molar-refractivity contribution is -0.143. The van der Waals surface area contributed by atoms with Crippen molar-refractivity contribution >= 4 is 11.9 Å². The van der Waals surface area contributed by atoms with Crippen LogP contribution in [0.4, 0.5) is 0 Å². The number of amides is 1. The van der Waals surface area contributed by atoms with Crippen molar-refractivity contribution in [1.82, 2.24) is 0 Å². The maximum absolute atomic E-state index is 10.5. The van der Waals surface area contributed by atoms with Gasteiger partial charge in [-0.1, -0.05) is 0 Å². The Hall–Kier alpha value is -1.10.